The highest BCUT2D eigenvalue weighted by molar-refractivity contribution is 5.83. The highest BCUT2D eigenvalue weighted by Crippen LogP contribution is 2.59. The molecule has 5 heteroatoms. The molecule has 4 fully saturated rings. The zero-order chi connectivity index (χ0) is 24.1. The van der Waals surface area contributed by atoms with Crippen LogP contribution in [0.15, 0.2) is 0 Å². The number of carboxylic acid groups (broad SMARTS) is 1. The first-order valence-corrected chi connectivity index (χ1v) is 12.6. The van der Waals surface area contributed by atoms with Crippen LogP contribution in [0.3, 0.4) is 0 Å². The minimum absolute atomic E-state index is 0.0205. The Kier molecular flexibility index (Phi) is 6.65. The molecule has 0 radical (unpaired) electrons. The Morgan fingerprint density at radius 1 is 0.938 bits per heavy atom. The first kappa shape index (κ1) is 25.2. The minimum Gasteiger partial charge on any atom is -0.481 e. The summed E-state index contributed by atoms with van der Waals surface area (Å²) in [7, 11) is 0. The monoisotopic (exact) mass is 448 g/mol. The lowest BCUT2D eigenvalue weighted by molar-refractivity contribution is -0.205. The minimum atomic E-state index is -1.01. The molecule has 4 saturated carbocycles. The van der Waals surface area contributed by atoms with E-state index in [1.165, 1.54) is 32.1 Å². The quantitative estimate of drug-likeness (QED) is 0.412. The van der Waals surface area contributed by atoms with Crippen LogP contribution >= 0.6 is 0 Å². The van der Waals surface area contributed by atoms with Crippen molar-refractivity contribution >= 4 is 17.7 Å². The summed E-state index contributed by atoms with van der Waals surface area (Å²) in [5, 5.41) is 9.61. The van der Waals surface area contributed by atoms with Gasteiger partial charge in [0, 0.05) is 5.41 Å². The van der Waals surface area contributed by atoms with Gasteiger partial charge in [0.05, 0.1) is 11.8 Å². The van der Waals surface area contributed by atoms with E-state index in [1.54, 1.807) is 20.8 Å². The van der Waals surface area contributed by atoms with Gasteiger partial charge in [-0.3, -0.25) is 14.4 Å². The van der Waals surface area contributed by atoms with E-state index in [4.69, 9.17) is 4.74 Å². The first-order valence-electron chi connectivity index (χ1n) is 12.6. The van der Waals surface area contributed by atoms with Crippen LogP contribution in [-0.2, 0) is 19.1 Å². The molecule has 2 atom stereocenters. The maximum absolute atomic E-state index is 13.3. The fourth-order valence-corrected chi connectivity index (χ4v) is 7.53. The number of esters is 1. The predicted octanol–water partition coefficient (Wildman–Crippen LogP) is 6.04. The van der Waals surface area contributed by atoms with Crippen molar-refractivity contribution in [3.8, 4) is 0 Å². The molecule has 0 spiro atoms. The van der Waals surface area contributed by atoms with Gasteiger partial charge in [-0.1, -0.05) is 27.2 Å². The van der Waals surface area contributed by atoms with Crippen LogP contribution in [0.25, 0.3) is 0 Å². The summed E-state index contributed by atoms with van der Waals surface area (Å²) in [6.45, 7) is 13.0. The fourth-order valence-electron chi connectivity index (χ4n) is 7.53. The number of rotatable bonds is 10. The molecule has 0 aromatic rings. The summed E-state index contributed by atoms with van der Waals surface area (Å²) in [5.74, 6) is 1.51. The molecule has 0 aliphatic heterocycles. The van der Waals surface area contributed by atoms with Gasteiger partial charge < -0.3 is 9.84 Å². The first-order chi connectivity index (χ1) is 14.6. The third-order valence-corrected chi connectivity index (χ3v) is 9.60. The van der Waals surface area contributed by atoms with Crippen molar-refractivity contribution in [3.63, 3.8) is 0 Å². The van der Waals surface area contributed by atoms with E-state index in [9.17, 15) is 19.5 Å². The molecule has 2 unspecified atom stereocenters. The number of Topliss-reactive ketones (excluding diaryl/α,β-unsaturated/α-hetero) is 1. The van der Waals surface area contributed by atoms with Crippen molar-refractivity contribution in [1.82, 2.24) is 0 Å². The topological polar surface area (TPSA) is 80.7 Å². The lowest BCUT2D eigenvalue weighted by Crippen LogP contribution is -2.58. The smallest absolute Gasteiger partial charge is 0.309 e. The Morgan fingerprint density at radius 2 is 1.44 bits per heavy atom. The molecule has 182 valence electrons. The van der Waals surface area contributed by atoms with Crippen LogP contribution in [0.5, 0.6) is 0 Å². The molecular weight excluding hydrogens is 404 g/mol. The third kappa shape index (κ3) is 4.77. The van der Waals surface area contributed by atoms with Crippen LogP contribution in [0, 0.1) is 39.9 Å². The lowest BCUT2D eigenvalue weighted by atomic mass is 9.50. The Hall–Kier alpha value is -1.39. The molecule has 0 saturated heterocycles. The summed E-state index contributed by atoms with van der Waals surface area (Å²) < 4.78 is 6.31. The SMILES string of the molecule is CCC(C)(CC(=O)OC1(C)C2CC3CC(C2)CC1C3)CC(C)(CC(C)(C)C(=O)O)C(C)=O. The molecule has 5 nitrogen and oxygen atoms in total. The average Bonchev–Trinajstić information content (AvgIpc) is 2.64. The molecule has 32 heavy (non-hydrogen) atoms. The zero-order valence-electron chi connectivity index (χ0n) is 21.3. The number of ether oxygens (including phenoxy) is 1. The highest BCUT2D eigenvalue weighted by atomic mass is 16.6. The number of carboxylic acids is 1. The van der Waals surface area contributed by atoms with Crippen LogP contribution < -0.4 is 0 Å². The number of aliphatic carboxylic acids is 1. The predicted molar refractivity (Wildman–Crippen MR) is 124 cm³/mol. The van der Waals surface area contributed by atoms with Crippen molar-refractivity contribution in [2.24, 2.45) is 39.9 Å². The van der Waals surface area contributed by atoms with Gasteiger partial charge in [-0.2, -0.15) is 0 Å². The Morgan fingerprint density at radius 3 is 1.84 bits per heavy atom. The van der Waals surface area contributed by atoms with Crippen molar-refractivity contribution < 1.29 is 24.2 Å². The molecule has 4 bridgehead atoms. The van der Waals surface area contributed by atoms with Gasteiger partial charge in [0.2, 0.25) is 0 Å². The second-order valence-electron chi connectivity index (χ2n) is 13.0. The zero-order valence-corrected chi connectivity index (χ0v) is 21.3. The lowest BCUT2D eigenvalue weighted by Gasteiger charge is -2.59. The van der Waals surface area contributed by atoms with Crippen LogP contribution in [0.4, 0.5) is 0 Å². The molecule has 0 heterocycles. The van der Waals surface area contributed by atoms with E-state index in [0.717, 1.165) is 18.3 Å². The Balaban J connectivity index is 1.71. The molecule has 4 rings (SSSR count). The largest absolute Gasteiger partial charge is 0.481 e. The van der Waals surface area contributed by atoms with E-state index in [1.807, 2.05) is 20.8 Å². The summed E-state index contributed by atoms with van der Waals surface area (Å²) in [6.07, 6.45) is 7.84. The Bertz CT molecular complexity index is 740. The van der Waals surface area contributed by atoms with Gasteiger partial charge in [0.15, 0.2) is 0 Å². The van der Waals surface area contributed by atoms with Crippen LogP contribution in [0.1, 0.15) is 106 Å². The summed E-state index contributed by atoms with van der Waals surface area (Å²) in [5.41, 5.74) is -2.59. The molecule has 4 aliphatic carbocycles. The van der Waals surface area contributed by atoms with E-state index < -0.39 is 22.2 Å². The molecular formula is C27H44O5. The second-order valence-corrected chi connectivity index (χ2v) is 13.0. The van der Waals surface area contributed by atoms with E-state index in [0.29, 0.717) is 18.3 Å². The van der Waals surface area contributed by atoms with Gasteiger partial charge in [-0.15, -0.1) is 0 Å². The van der Waals surface area contributed by atoms with Crippen molar-refractivity contribution in [3.05, 3.63) is 0 Å². The number of carbonyl (C=O) groups is 3. The number of hydrogen-bond donors (Lipinski definition) is 1. The van der Waals surface area contributed by atoms with E-state index in [-0.39, 0.29) is 30.2 Å². The number of hydrogen-bond acceptors (Lipinski definition) is 4. The molecule has 0 amide bonds. The van der Waals surface area contributed by atoms with Crippen LogP contribution in [-0.4, -0.2) is 28.4 Å². The summed E-state index contributed by atoms with van der Waals surface area (Å²) >= 11 is 0. The van der Waals surface area contributed by atoms with Crippen molar-refractivity contribution in [2.45, 2.75) is 112 Å². The standard InChI is InChI=1S/C27H44O5/c1-8-25(5,16-26(6,17(2)28)15-24(3,4)23(30)31)14-22(29)32-27(7)20-10-18-9-19(12-20)13-21(27)11-18/h18-21H,8-16H2,1-7H3,(H,30,31). The molecule has 0 aromatic heterocycles. The number of ketones is 1. The van der Waals surface area contributed by atoms with Crippen LogP contribution in [0.2, 0.25) is 0 Å². The van der Waals surface area contributed by atoms with Crippen molar-refractivity contribution in [2.75, 3.05) is 0 Å². The molecule has 0 aromatic carbocycles. The Labute approximate surface area is 194 Å². The fraction of sp³-hybridized carbons (Fsp3) is 0.889. The van der Waals surface area contributed by atoms with Gasteiger partial charge in [0.25, 0.3) is 0 Å². The van der Waals surface area contributed by atoms with E-state index in [2.05, 4.69) is 6.92 Å². The van der Waals surface area contributed by atoms with Gasteiger partial charge in [0.1, 0.15) is 11.4 Å². The van der Waals surface area contributed by atoms with Gasteiger partial charge in [-0.25, -0.2) is 0 Å². The van der Waals surface area contributed by atoms with Crippen molar-refractivity contribution in [1.29, 1.82) is 0 Å². The normalized spacial score (nSPS) is 35.1. The maximum atomic E-state index is 13.3. The van der Waals surface area contributed by atoms with Gasteiger partial charge >= 0.3 is 11.9 Å². The average molecular weight is 449 g/mol. The maximum Gasteiger partial charge on any atom is 0.309 e. The van der Waals surface area contributed by atoms with Gasteiger partial charge in [-0.05, 0) is 102 Å². The second kappa shape index (κ2) is 8.43. The molecule has 4 aliphatic rings. The third-order valence-electron chi connectivity index (χ3n) is 9.60. The summed E-state index contributed by atoms with van der Waals surface area (Å²) in [4.78, 5) is 37.7. The number of carbonyl (C=O) groups excluding carboxylic acids is 2. The highest BCUT2D eigenvalue weighted by Gasteiger charge is 2.57. The summed E-state index contributed by atoms with van der Waals surface area (Å²) in [6, 6.07) is 0. The molecule has 1 N–H and O–H groups in total. The van der Waals surface area contributed by atoms with E-state index >= 15 is 0 Å².